The highest BCUT2D eigenvalue weighted by molar-refractivity contribution is 6.03. The van der Waals surface area contributed by atoms with E-state index >= 15 is 4.39 Å². The van der Waals surface area contributed by atoms with Gasteiger partial charge in [-0.25, -0.2) is 8.78 Å². The molecular weight excluding hydrogens is 564 g/mol. The minimum absolute atomic E-state index is 0.0222. The summed E-state index contributed by atoms with van der Waals surface area (Å²) in [6.07, 6.45) is 11.6. The number of anilines is 1. The van der Waals surface area contributed by atoms with E-state index in [4.69, 9.17) is 21.4 Å². The number of nitrogens with zero attached hydrogens (tertiary/aromatic N) is 6. The van der Waals surface area contributed by atoms with E-state index in [9.17, 15) is 9.50 Å². The summed E-state index contributed by atoms with van der Waals surface area (Å²) in [5.74, 6) is 1.50. The van der Waals surface area contributed by atoms with Crippen LogP contribution in [0.15, 0.2) is 30.5 Å². The topological polar surface area (TPSA) is 110 Å². The van der Waals surface area contributed by atoms with E-state index in [0.717, 1.165) is 51.9 Å². The lowest BCUT2D eigenvalue weighted by Crippen LogP contribution is -2.44. The van der Waals surface area contributed by atoms with Gasteiger partial charge in [0.25, 0.3) is 0 Å². The van der Waals surface area contributed by atoms with Crippen LogP contribution in [0.1, 0.15) is 38.2 Å². The maximum atomic E-state index is 16.6. The number of phenolic OH excluding ortho intramolecular Hbond substituents is 1. The smallest absolute Gasteiger partial charge is 0.319 e. The Kier molecular flexibility index (Phi) is 8.17. The molecule has 0 spiro atoms. The Morgan fingerprint density at radius 1 is 1.11 bits per heavy atom. The van der Waals surface area contributed by atoms with Crippen molar-refractivity contribution in [2.75, 3.05) is 50.8 Å². The molecule has 0 aliphatic carbocycles. The summed E-state index contributed by atoms with van der Waals surface area (Å²) in [7, 11) is 0. The molecule has 0 bridgehead atoms. The van der Waals surface area contributed by atoms with Crippen LogP contribution in [0.5, 0.6) is 11.8 Å². The zero-order valence-corrected chi connectivity index (χ0v) is 24.5. The number of aromatic hydroxyl groups is 1. The van der Waals surface area contributed by atoms with Crippen LogP contribution >= 0.6 is 0 Å². The second-order valence-electron chi connectivity index (χ2n) is 11.3. The number of terminal acetylenes is 1. The first-order chi connectivity index (χ1) is 21.4. The fourth-order valence-corrected chi connectivity index (χ4v) is 6.80. The molecule has 5 heterocycles. The Labute approximate surface area is 254 Å². The van der Waals surface area contributed by atoms with Crippen LogP contribution in [0.25, 0.3) is 32.9 Å². The number of ether oxygens (including phenoxy) is 1. The number of fused-ring (bicyclic) bond motifs is 3. The average Bonchev–Trinajstić information content (AvgIpc) is 3.61. The Balaban J connectivity index is 0.00000110. The number of piperazine rings is 1. The minimum atomic E-state index is -0.716. The molecule has 0 saturated carbocycles. The van der Waals surface area contributed by atoms with Gasteiger partial charge in [-0.3, -0.25) is 9.88 Å². The van der Waals surface area contributed by atoms with Gasteiger partial charge in [-0.05, 0) is 62.4 Å². The molecule has 2 N–H and O–H groups in total. The van der Waals surface area contributed by atoms with E-state index in [1.807, 2.05) is 0 Å². The number of nitrogens with one attached hydrogen (secondary N) is 1. The maximum Gasteiger partial charge on any atom is 0.319 e. The lowest BCUT2D eigenvalue weighted by Gasteiger charge is -2.32. The summed E-state index contributed by atoms with van der Waals surface area (Å²) < 4.78 is 37.5. The molecule has 226 valence electrons. The normalized spacial score (nSPS) is 17.5. The van der Waals surface area contributed by atoms with Gasteiger partial charge in [0.2, 0.25) is 0 Å². The van der Waals surface area contributed by atoms with Gasteiger partial charge in [-0.15, -0.1) is 6.42 Å². The zero-order valence-electron chi connectivity index (χ0n) is 24.5. The standard InChI is InChI=1S/C31H30F2N6O2.C2H3N/c1-2-21-24(32)6-5-19-15-20(40)16-22(25(19)21)27-26(33)28-23(17-35-27)29(38-13-9-34-10-14-38)37-30(36-28)41-18-31-7-3-11-39(31)12-4-8-31;1-2-3/h1,5-6,15-17,34,40H,3-4,7-14,18H2;1H3. The Hall–Kier alpha value is -4.58. The highest BCUT2D eigenvalue weighted by atomic mass is 19.1. The van der Waals surface area contributed by atoms with Crippen LogP contribution < -0.4 is 15.0 Å². The van der Waals surface area contributed by atoms with Crippen molar-refractivity contribution in [3.63, 3.8) is 0 Å². The number of nitriles is 1. The van der Waals surface area contributed by atoms with Crippen molar-refractivity contribution in [3.05, 3.63) is 47.7 Å². The monoisotopic (exact) mass is 597 g/mol. The molecule has 7 rings (SSSR count). The van der Waals surface area contributed by atoms with Crippen molar-refractivity contribution in [2.45, 2.75) is 38.1 Å². The van der Waals surface area contributed by atoms with Gasteiger partial charge in [-0.2, -0.15) is 15.2 Å². The largest absolute Gasteiger partial charge is 0.508 e. The van der Waals surface area contributed by atoms with Crippen LogP contribution in [0, 0.1) is 35.3 Å². The van der Waals surface area contributed by atoms with Gasteiger partial charge in [0.15, 0.2) is 5.82 Å². The molecule has 0 amide bonds. The molecule has 0 radical (unpaired) electrons. The highest BCUT2D eigenvalue weighted by Crippen LogP contribution is 2.41. The molecule has 0 unspecified atom stereocenters. The van der Waals surface area contributed by atoms with E-state index in [1.165, 1.54) is 37.4 Å². The first-order valence-corrected chi connectivity index (χ1v) is 14.8. The maximum absolute atomic E-state index is 16.6. The zero-order chi connectivity index (χ0) is 30.8. The summed E-state index contributed by atoms with van der Waals surface area (Å²) in [4.78, 5) is 18.4. The van der Waals surface area contributed by atoms with E-state index in [-0.39, 0.29) is 39.6 Å². The van der Waals surface area contributed by atoms with E-state index in [2.05, 4.69) is 31.0 Å². The third-order valence-corrected chi connectivity index (χ3v) is 8.79. The van der Waals surface area contributed by atoms with Crippen LogP contribution in [0.4, 0.5) is 14.6 Å². The molecular formula is C33H33F2N7O2. The number of phenols is 1. The highest BCUT2D eigenvalue weighted by Gasteiger charge is 2.45. The van der Waals surface area contributed by atoms with Crippen molar-refractivity contribution in [3.8, 4) is 41.4 Å². The summed E-state index contributed by atoms with van der Waals surface area (Å²) in [6.45, 7) is 6.92. The number of hydrogen-bond donors (Lipinski definition) is 2. The van der Waals surface area contributed by atoms with Crippen molar-refractivity contribution >= 4 is 27.5 Å². The number of hydrogen-bond acceptors (Lipinski definition) is 9. The van der Waals surface area contributed by atoms with Gasteiger partial charge in [-0.1, -0.05) is 12.0 Å². The molecule has 2 aromatic carbocycles. The molecule has 3 saturated heterocycles. The third-order valence-electron chi connectivity index (χ3n) is 8.79. The first-order valence-electron chi connectivity index (χ1n) is 14.8. The van der Waals surface area contributed by atoms with Crippen molar-refractivity contribution in [2.24, 2.45) is 0 Å². The fourth-order valence-electron chi connectivity index (χ4n) is 6.80. The van der Waals surface area contributed by atoms with Gasteiger partial charge >= 0.3 is 6.01 Å². The van der Waals surface area contributed by atoms with Crippen molar-refractivity contribution < 1.29 is 18.6 Å². The molecule has 0 atom stereocenters. The predicted molar refractivity (Wildman–Crippen MR) is 164 cm³/mol. The molecule has 4 aromatic rings. The van der Waals surface area contributed by atoms with Crippen molar-refractivity contribution in [1.29, 1.82) is 5.26 Å². The molecule has 3 fully saturated rings. The summed E-state index contributed by atoms with van der Waals surface area (Å²) in [6, 6.07) is 7.41. The van der Waals surface area contributed by atoms with Gasteiger partial charge in [0.1, 0.15) is 35.2 Å². The van der Waals surface area contributed by atoms with E-state index in [1.54, 1.807) is 6.07 Å². The second kappa shape index (κ2) is 12.2. The van der Waals surface area contributed by atoms with Crippen LogP contribution in [0.2, 0.25) is 0 Å². The van der Waals surface area contributed by atoms with Crippen LogP contribution in [-0.2, 0) is 0 Å². The lowest BCUT2D eigenvalue weighted by molar-refractivity contribution is 0.108. The molecule has 3 aliphatic rings. The van der Waals surface area contributed by atoms with Gasteiger partial charge in [0.05, 0.1) is 22.6 Å². The number of benzene rings is 2. The molecule has 44 heavy (non-hydrogen) atoms. The van der Waals surface area contributed by atoms with Crippen LogP contribution in [0.3, 0.4) is 0 Å². The number of aromatic nitrogens is 3. The Morgan fingerprint density at radius 3 is 2.55 bits per heavy atom. The lowest BCUT2D eigenvalue weighted by atomic mass is 9.95. The van der Waals surface area contributed by atoms with Crippen molar-refractivity contribution in [1.82, 2.24) is 25.2 Å². The fraction of sp³-hybridized carbons (Fsp3) is 0.394. The average molecular weight is 598 g/mol. The third kappa shape index (κ3) is 5.23. The predicted octanol–water partition coefficient (Wildman–Crippen LogP) is 4.76. The quantitative estimate of drug-likeness (QED) is 0.315. The second-order valence-corrected chi connectivity index (χ2v) is 11.3. The van der Waals surface area contributed by atoms with Crippen LogP contribution in [-0.4, -0.2) is 76.4 Å². The minimum Gasteiger partial charge on any atom is -0.508 e. The van der Waals surface area contributed by atoms with Gasteiger partial charge < -0.3 is 20.1 Å². The molecule has 3 aliphatic heterocycles. The van der Waals surface area contributed by atoms with E-state index in [0.29, 0.717) is 41.7 Å². The Morgan fingerprint density at radius 2 is 1.84 bits per heavy atom. The SMILES string of the molecule is C#Cc1c(F)ccc2cc(O)cc(-c3ncc4c(N5CCNCC5)nc(OCC56CCCN5CCC6)nc4c3F)c12.CC#N. The molecule has 11 heteroatoms. The number of rotatable bonds is 5. The number of pyridine rings is 1. The summed E-state index contributed by atoms with van der Waals surface area (Å²) in [5, 5.41) is 22.3. The number of halogens is 2. The summed E-state index contributed by atoms with van der Waals surface area (Å²) >= 11 is 0. The molecule has 2 aromatic heterocycles. The first kappa shape index (κ1) is 29.5. The Bertz CT molecular complexity index is 1800. The van der Waals surface area contributed by atoms with E-state index < -0.39 is 11.6 Å². The summed E-state index contributed by atoms with van der Waals surface area (Å²) in [5.41, 5.74) is 0.0988. The molecule has 9 nitrogen and oxygen atoms in total. The van der Waals surface area contributed by atoms with Gasteiger partial charge in [0, 0.05) is 50.2 Å².